The molecule has 0 spiro atoms. The van der Waals surface area contributed by atoms with Gasteiger partial charge >= 0.3 is 0 Å². The molecule has 4 nitrogen and oxygen atoms in total. The third-order valence-corrected chi connectivity index (χ3v) is 2.96. The lowest BCUT2D eigenvalue weighted by atomic mass is 10.2. The summed E-state index contributed by atoms with van der Waals surface area (Å²) in [6.07, 6.45) is 3.40. The molecule has 1 aromatic carbocycles. The van der Waals surface area contributed by atoms with Gasteiger partial charge in [0.05, 0.1) is 0 Å². The second kappa shape index (κ2) is 7.07. The van der Waals surface area contributed by atoms with Crippen molar-refractivity contribution in [1.82, 2.24) is 15.3 Å². The summed E-state index contributed by atoms with van der Waals surface area (Å²) >= 11 is 6.20. The minimum Gasteiger partial charge on any atom is -0.485 e. The largest absolute Gasteiger partial charge is 0.485 e. The van der Waals surface area contributed by atoms with Crippen LogP contribution in [0.25, 0.3) is 0 Å². The molecule has 0 aliphatic carbocycles. The number of hydrogen-bond donors (Lipinski definition) is 1. The van der Waals surface area contributed by atoms with Crippen molar-refractivity contribution in [3.8, 4) is 5.75 Å². The van der Waals surface area contributed by atoms with Crippen LogP contribution in [0.2, 0.25) is 5.02 Å². The molecular weight excluding hydrogens is 262 g/mol. The smallest absolute Gasteiger partial charge is 0.166 e. The molecular formula is C14H16ClN3O. The van der Waals surface area contributed by atoms with Gasteiger partial charge < -0.3 is 10.1 Å². The fourth-order valence-corrected chi connectivity index (χ4v) is 1.88. The highest BCUT2D eigenvalue weighted by atomic mass is 35.5. The summed E-state index contributed by atoms with van der Waals surface area (Å²) in [7, 11) is 0. The zero-order chi connectivity index (χ0) is 13.5. The van der Waals surface area contributed by atoms with Gasteiger partial charge in [-0.1, -0.05) is 24.6 Å². The Morgan fingerprint density at radius 2 is 2.00 bits per heavy atom. The summed E-state index contributed by atoms with van der Waals surface area (Å²) in [5.41, 5.74) is 0.960. The van der Waals surface area contributed by atoms with Crippen LogP contribution in [0.4, 0.5) is 0 Å². The van der Waals surface area contributed by atoms with E-state index in [1.807, 2.05) is 18.2 Å². The highest BCUT2D eigenvalue weighted by Gasteiger charge is 2.08. The third kappa shape index (κ3) is 3.91. The Kier molecular flexibility index (Phi) is 5.12. The molecule has 19 heavy (non-hydrogen) atoms. The van der Waals surface area contributed by atoms with Crippen molar-refractivity contribution in [2.45, 2.75) is 20.1 Å². The molecule has 0 saturated heterocycles. The van der Waals surface area contributed by atoms with Gasteiger partial charge in [-0.15, -0.1) is 0 Å². The van der Waals surface area contributed by atoms with Crippen molar-refractivity contribution in [3.05, 3.63) is 53.1 Å². The summed E-state index contributed by atoms with van der Waals surface area (Å²) in [5.74, 6) is 1.41. The Morgan fingerprint density at radius 3 is 2.74 bits per heavy atom. The van der Waals surface area contributed by atoms with Crippen LogP contribution >= 0.6 is 11.6 Å². The highest BCUT2D eigenvalue weighted by molar-refractivity contribution is 6.31. The van der Waals surface area contributed by atoms with E-state index in [1.165, 1.54) is 0 Å². The first-order valence-electron chi connectivity index (χ1n) is 6.18. The van der Waals surface area contributed by atoms with E-state index in [0.29, 0.717) is 24.0 Å². The molecule has 1 N–H and O–H groups in total. The maximum atomic E-state index is 6.20. The minimum atomic E-state index is 0.334. The number of nitrogens with zero attached hydrogens (tertiary/aromatic N) is 2. The molecule has 1 aromatic heterocycles. The zero-order valence-electron chi connectivity index (χ0n) is 10.8. The van der Waals surface area contributed by atoms with Crippen molar-refractivity contribution in [2.24, 2.45) is 0 Å². The summed E-state index contributed by atoms with van der Waals surface area (Å²) in [6, 6.07) is 7.42. The Labute approximate surface area is 117 Å². The number of halogens is 1. The summed E-state index contributed by atoms with van der Waals surface area (Å²) in [4.78, 5) is 8.25. The van der Waals surface area contributed by atoms with Gasteiger partial charge in [-0.05, 0) is 24.7 Å². The Balaban J connectivity index is 2.09. The summed E-state index contributed by atoms with van der Waals surface area (Å²) < 4.78 is 5.75. The Bertz CT molecular complexity index is 519. The zero-order valence-corrected chi connectivity index (χ0v) is 11.5. The molecule has 0 aliphatic heterocycles. The number of rotatable bonds is 6. The van der Waals surface area contributed by atoms with Crippen LogP contribution in [0.1, 0.15) is 18.3 Å². The molecule has 0 radical (unpaired) electrons. The second-order valence-electron chi connectivity index (χ2n) is 3.95. The van der Waals surface area contributed by atoms with E-state index < -0.39 is 0 Å². The molecule has 0 aliphatic rings. The van der Waals surface area contributed by atoms with Gasteiger partial charge in [0.15, 0.2) is 5.82 Å². The Morgan fingerprint density at radius 1 is 1.21 bits per heavy atom. The van der Waals surface area contributed by atoms with E-state index in [1.54, 1.807) is 18.5 Å². The average molecular weight is 278 g/mol. The number of ether oxygens (including phenoxy) is 1. The van der Waals surface area contributed by atoms with Crippen molar-refractivity contribution in [3.63, 3.8) is 0 Å². The molecule has 0 saturated carbocycles. The van der Waals surface area contributed by atoms with E-state index in [-0.39, 0.29) is 0 Å². The second-order valence-corrected chi connectivity index (χ2v) is 4.36. The number of nitrogens with one attached hydrogen (secondary N) is 1. The van der Waals surface area contributed by atoms with Crippen LogP contribution in [0.15, 0.2) is 36.7 Å². The fraction of sp³-hybridized carbons (Fsp3) is 0.286. The van der Waals surface area contributed by atoms with Crippen molar-refractivity contribution in [2.75, 3.05) is 6.54 Å². The lowest BCUT2D eigenvalue weighted by Gasteiger charge is -2.12. The first-order chi connectivity index (χ1) is 9.31. The molecule has 1 heterocycles. The van der Waals surface area contributed by atoms with Gasteiger partial charge in [0.1, 0.15) is 12.4 Å². The predicted molar refractivity (Wildman–Crippen MR) is 75.2 cm³/mol. The lowest BCUT2D eigenvalue weighted by Crippen LogP contribution is -2.13. The SMILES string of the molecule is CCNCc1c(Cl)cccc1OCc1ncccn1. The Hall–Kier alpha value is -1.65. The number of aromatic nitrogens is 2. The molecule has 100 valence electrons. The quantitative estimate of drug-likeness (QED) is 0.882. The summed E-state index contributed by atoms with van der Waals surface area (Å²) in [6.45, 7) is 3.95. The molecule has 0 atom stereocenters. The molecule has 2 rings (SSSR count). The van der Waals surface area contributed by atoms with E-state index >= 15 is 0 Å². The van der Waals surface area contributed by atoms with Gasteiger partial charge in [-0.3, -0.25) is 0 Å². The normalized spacial score (nSPS) is 10.4. The molecule has 5 heteroatoms. The molecule has 0 amide bonds. The maximum Gasteiger partial charge on any atom is 0.166 e. The van der Waals surface area contributed by atoms with Crippen molar-refractivity contribution in [1.29, 1.82) is 0 Å². The molecule has 0 unspecified atom stereocenters. The molecule has 0 fully saturated rings. The van der Waals surface area contributed by atoms with E-state index in [9.17, 15) is 0 Å². The monoisotopic (exact) mass is 277 g/mol. The first-order valence-corrected chi connectivity index (χ1v) is 6.56. The molecule has 2 aromatic rings. The van der Waals surface area contributed by atoms with Crippen molar-refractivity contribution < 1.29 is 4.74 Å². The van der Waals surface area contributed by atoms with Crippen LogP contribution in [0, 0.1) is 0 Å². The minimum absolute atomic E-state index is 0.334. The summed E-state index contributed by atoms with van der Waals surface area (Å²) in [5, 5.41) is 3.95. The fourth-order valence-electron chi connectivity index (χ4n) is 1.64. The predicted octanol–water partition coefficient (Wildman–Crippen LogP) is 2.82. The van der Waals surface area contributed by atoms with Crippen LogP contribution < -0.4 is 10.1 Å². The van der Waals surface area contributed by atoms with Crippen LogP contribution in [-0.2, 0) is 13.2 Å². The van der Waals surface area contributed by atoms with E-state index in [0.717, 1.165) is 17.9 Å². The lowest BCUT2D eigenvalue weighted by molar-refractivity contribution is 0.292. The van der Waals surface area contributed by atoms with Crippen LogP contribution in [0.5, 0.6) is 5.75 Å². The van der Waals surface area contributed by atoms with Gasteiger partial charge in [0.25, 0.3) is 0 Å². The third-order valence-electron chi connectivity index (χ3n) is 2.60. The van der Waals surface area contributed by atoms with E-state index in [4.69, 9.17) is 16.3 Å². The topological polar surface area (TPSA) is 47.0 Å². The van der Waals surface area contributed by atoms with Gasteiger partial charge in [-0.2, -0.15) is 0 Å². The van der Waals surface area contributed by atoms with Gasteiger partial charge in [-0.25, -0.2) is 9.97 Å². The van der Waals surface area contributed by atoms with Gasteiger partial charge in [0.2, 0.25) is 0 Å². The standard InChI is InChI=1S/C14H16ClN3O/c1-2-16-9-11-12(15)5-3-6-13(11)19-10-14-17-7-4-8-18-14/h3-8,16H,2,9-10H2,1H3. The van der Waals surface area contributed by atoms with Gasteiger partial charge in [0, 0.05) is 29.5 Å². The number of benzene rings is 1. The van der Waals surface area contributed by atoms with Crippen LogP contribution in [0.3, 0.4) is 0 Å². The van der Waals surface area contributed by atoms with E-state index in [2.05, 4.69) is 22.2 Å². The molecule has 0 bridgehead atoms. The average Bonchev–Trinajstić information content (AvgIpc) is 2.45. The number of hydrogen-bond acceptors (Lipinski definition) is 4. The maximum absolute atomic E-state index is 6.20. The van der Waals surface area contributed by atoms with Crippen LogP contribution in [-0.4, -0.2) is 16.5 Å². The highest BCUT2D eigenvalue weighted by Crippen LogP contribution is 2.26. The first kappa shape index (κ1) is 13.8. The van der Waals surface area contributed by atoms with Crippen molar-refractivity contribution >= 4 is 11.6 Å².